The maximum absolute atomic E-state index is 14.6. The number of hydrogen-bond acceptors (Lipinski definition) is 5. The van der Waals surface area contributed by atoms with Gasteiger partial charge >= 0.3 is 6.03 Å². The van der Waals surface area contributed by atoms with E-state index in [0.717, 1.165) is 64.8 Å². The molecule has 4 N–H and O–H groups in total. The third kappa shape index (κ3) is 5.44. The number of carbonyl (C=O) groups excluding carboxylic acids is 1. The SMILES string of the molecule is CONC(=O)Nc1cc(F)cc(-c2ccc3ncc(-c4cc(C)cc(F)c4)c(N4CCC(N)CC4)c3c2)c1. The lowest BCUT2D eigenvalue weighted by molar-refractivity contribution is 0.114. The van der Waals surface area contributed by atoms with Gasteiger partial charge < -0.3 is 16.0 Å². The zero-order valence-corrected chi connectivity index (χ0v) is 21.2. The van der Waals surface area contributed by atoms with E-state index in [4.69, 9.17) is 10.7 Å². The van der Waals surface area contributed by atoms with Crippen molar-refractivity contribution in [2.24, 2.45) is 5.73 Å². The van der Waals surface area contributed by atoms with Crippen LogP contribution in [-0.2, 0) is 4.84 Å². The zero-order chi connectivity index (χ0) is 26.8. The number of urea groups is 1. The second kappa shape index (κ2) is 10.7. The smallest absolute Gasteiger partial charge is 0.343 e. The van der Waals surface area contributed by atoms with Gasteiger partial charge in [0.1, 0.15) is 11.6 Å². The van der Waals surface area contributed by atoms with Crippen molar-refractivity contribution in [1.82, 2.24) is 10.5 Å². The molecule has 196 valence electrons. The molecular formula is C29H29F2N5O2. The maximum Gasteiger partial charge on any atom is 0.343 e. The molecule has 7 nitrogen and oxygen atoms in total. The number of fused-ring (bicyclic) bond motifs is 1. The number of hydrogen-bond donors (Lipinski definition) is 3. The summed E-state index contributed by atoms with van der Waals surface area (Å²) in [7, 11) is 1.31. The second-order valence-corrected chi connectivity index (χ2v) is 9.58. The fraction of sp³-hybridized carbons (Fsp3) is 0.241. The van der Waals surface area contributed by atoms with Gasteiger partial charge in [-0.25, -0.2) is 19.1 Å². The van der Waals surface area contributed by atoms with E-state index in [9.17, 15) is 13.6 Å². The van der Waals surface area contributed by atoms with E-state index < -0.39 is 11.8 Å². The van der Waals surface area contributed by atoms with Gasteiger partial charge in [0.25, 0.3) is 0 Å². The van der Waals surface area contributed by atoms with Crippen LogP contribution in [-0.4, -0.2) is 37.3 Å². The molecule has 0 saturated carbocycles. The van der Waals surface area contributed by atoms with Crippen molar-refractivity contribution in [1.29, 1.82) is 0 Å². The number of carbonyl (C=O) groups is 1. The van der Waals surface area contributed by atoms with Crippen LogP contribution in [0.25, 0.3) is 33.2 Å². The molecule has 5 rings (SSSR count). The van der Waals surface area contributed by atoms with Gasteiger partial charge in [-0.3, -0.25) is 9.82 Å². The van der Waals surface area contributed by atoms with Gasteiger partial charge in [0.05, 0.1) is 18.3 Å². The number of nitrogens with two attached hydrogens (primary N) is 1. The number of benzene rings is 3. The van der Waals surface area contributed by atoms with Gasteiger partial charge in [-0.1, -0.05) is 12.1 Å². The highest BCUT2D eigenvalue weighted by Crippen LogP contribution is 2.40. The van der Waals surface area contributed by atoms with Crippen molar-refractivity contribution < 1.29 is 18.4 Å². The van der Waals surface area contributed by atoms with Crippen LogP contribution < -0.4 is 21.4 Å². The van der Waals surface area contributed by atoms with E-state index in [2.05, 4.69) is 20.5 Å². The average Bonchev–Trinajstić information content (AvgIpc) is 2.87. The molecule has 1 aliphatic heterocycles. The number of rotatable bonds is 5. The fourth-order valence-corrected chi connectivity index (χ4v) is 5.00. The molecule has 1 fully saturated rings. The number of piperidine rings is 1. The highest BCUT2D eigenvalue weighted by molar-refractivity contribution is 6.02. The molecule has 1 saturated heterocycles. The van der Waals surface area contributed by atoms with Gasteiger partial charge in [-0.05, 0) is 84.5 Å². The third-order valence-electron chi connectivity index (χ3n) is 6.73. The van der Waals surface area contributed by atoms with Gasteiger partial charge in [0.2, 0.25) is 0 Å². The van der Waals surface area contributed by atoms with E-state index >= 15 is 0 Å². The minimum atomic E-state index is -0.618. The molecule has 2 heterocycles. The van der Waals surface area contributed by atoms with E-state index in [1.807, 2.05) is 31.2 Å². The van der Waals surface area contributed by atoms with Gasteiger partial charge in [-0.15, -0.1) is 0 Å². The zero-order valence-electron chi connectivity index (χ0n) is 21.2. The van der Waals surface area contributed by atoms with Gasteiger partial charge in [0, 0.05) is 42.0 Å². The van der Waals surface area contributed by atoms with Crippen LogP contribution in [0, 0.1) is 18.6 Å². The molecule has 3 aromatic carbocycles. The van der Waals surface area contributed by atoms with Crippen LogP contribution in [0.5, 0.6) is 0 Å². The number of pyridine rings is 1. The molecule has 0 aliphatic carbocycles. The quantitative estimate of drug-likeness (QED) is 0.293. The summed E-state index contributed by atoms with van der Waals surface area (Å²) < 4.78 is 29.0. The molecule has 0 atom stereocenters. The summed E-state index contributed by atoms with van der Waals surface area (Å²) >= 11 is 0. The first kappa shape index (κ1) is 25.6. The normalized spacial score (nSPS) is 14.1. The highest BCUT2D eigenvalue weighted by Gasteiger charge is 2.23. The second-order valence-electron chi connectivity index (χ2n) is 9.58. The van der Waals surface area contributed by atoms with E-state index in [1.54, 1.807) is 12.3 Å². The Balaban J connectivity index is 1.66. The topological polar surface area (TPSA) is 92.5 Å². The summed E-state index contributed by atoms with van der Waals surface area (Å²) in [4.78, 5) is 23.5. The Kier molecular flexibility index (Phi) is 7.22. The number of hydroxylamine groups is 1. The Morgan fingerprint density at radius 1 is 1.00 bits per heavy atom. The largest absolute Gasteiger partial charge is 0.370 e. The molecule has 0 unspecified atom stereocenters. The lowest BCUT2D eigenvalue weighted by Gasteiger charge is -2.34. The summed E-state index contributed by atoms with van der Waals surface area (Å²) in [5.74, 6) is -0.805. The van der Waals surface area contributed by atoms with Crippen molar-refractivity contribution in [2.45, 2.75) is 25.8 Å². The Labute approximate surface area is 219 Å². The van der Waals surface area contributed by atoms with Crippen LogP contribution in [0.4, 0.5) is 25.0 Å². The Morgan fingerprint density at radius 3 is 2.47 bits per heavy atom. The fourth-order valence-electron chi connectivity index (χ4n) is 5.00. The van der Waals surface area contributed by atoms with Crippen LogP contribution in [0.2, 0.25) is 0 Å². The molecule has 1 aliphatic rings. The average molecular weight is 518 g/mol. The predicted octanol–water partition coefficient (Wildman–Crippen LogP) is 5.77. The van der Waals surface area contributed by atoms with Crippen LogP contribution in [0.15, 0.2) is 60.8 Å². The summed E-state index contributed by atoms with van der Waals surface area (Å²) in [6.07, 6.45) is 3.47. The lowest BCUT2D eigenvalue weighted by atomic mass is 9.95. The van der Waals surface area contributed by atoms with E-state index in [-0.39, 0.29) is 17.5 Å². The summed E-state index contributed by atoms with van der Waals surface area (Å²) in [6, 6.07) is 14.5. The number of amides is 2. The third-order valence-corrected chi connectivity index (χ3v) is 6.73. The Hall–Kier alpha value is -4.08. The van der Waals surface area contributed by atoms with Crippen molar-refractivity contribution in [3.63, 3.8) is 0 Å². The molecule has 0 spiro atoms. The number of nitrogens with one attached hydrogen (secondary N) is 2. The first-order valence-corrected chi connectivity index (χ1v) is 12.4. The summed E-state index contributed by atoms with van der Waals surface area (Å²) in [6.45, 7) is 3.38. The highest BCUT2D eigenvalue weighted by atomic mass is 19.1. The van der Waals surface area contributed by atoms with E-state index in [0.29, 0.717) is 5.56 Å². The number of anilines is 2. The minimum absolute atomic E-state index is 0.142. The Bertz CT molecular complexity index is 1480. The number of aromatic nitrogens is 1. The van der Waals surface area contributed by atoms with Gasteiger partial charge in [0.15, 0.2) is 0 Å². The van der Waals surface area contributed by atoms with Crippen molar-refractivity contribution in [3.05, 3.63) is 78.0 Å². The molecule has 4 aromatic rings. The van der Waals surface area contributed by atoms with E-state index in [1.165, 1.54) is 31.4 Å². The van der Waals surface area contributed by atoms with Gasteiger partial charge in [-0.2, -0.15) is 0 Å². The molecule has 1 aromatic heterocycles. The van der Waals surface area contributed by atoms with Crippen molar-refractivity contribution >= 4 is 28.3 Å². The maximum atomic E-state index is 14.6. The molecule has 9 heteroatoms. The summed E-state index contributed by atoms with van der Waals surface area (Å²) in [5.41, 5.74) is 14.1. The number of halogens is 2. The standard InChI is InChI=1S/C29H29F2N5O2/c1-17-9-20(12-21(30)10-17)26-16-33-27-4-3-18(14-25(27)28(26)36-7-5-23(32)6-8-36)19-11-22(31)15-24(13-19)34-29(37)35-38-2/h3-4,9-16,23H,5-8,32H2,1-2H3,(H2,34,35,37). The monoisotopic (exact) mass is 517 g/mol. The van der Waals surface area contributed by atoms with Crippen LogP contribution in [0.3, 0.4) is 0 Å². The lowest BCUT2D eigenvalue weighted by Crippen LogP contribution is -2.40. The van der Waals surface area contributed by atoms with Crippen molar-refractivity contribution in [3.8, 4) is 22.3 Å². The first-order chi connectivity index (χ1) is 18.3. The molecule has 0 bridgehead atoms. The molecule has 38 heavy (non-hydrogen) atoms. The molecule has 2 amide bonds. The van der Waals surface area contributed by atoms with Crippen LogP contribution in [0.1, 0.15) is 18.4 Å². The minimum Gasteiger partial charge on any atom is -0.370 e. The molecular weight excluding hydrogens is 488 g/mol. The Morgan fingerprint density at radius 2 is 1.74 bits per heavy atom. The van der Waals surface area contributed by atoms with Crippen molar-refractivity contribution in [2.75, 3.05) is 30.4 Å². The molecule has 0 radical (unpaired) electrons. The number of aryl methyl sites for hydroxylation is 1. The first-order valence-electron chi connectivity index (χ1n) is 12.4. The van der Waals surface area contributed by atoms with Crippen LogP contribution >= 0.6 is 0 Å². The predicted molar refractivity (Wildman–Crippen MR) is 146 cm³/mol. The number of nitrogens with zero attached hydrogens (tertiary/aromatic N) is 2. The summed E-state index contributed by atoms with van der Waals surface area (Å²) in [5, 5.41) is 3.43.